The highest BCUT2D eigenvalue weighted by molar-refractivity contribution is 7.92. The van der Waals surface area contributed by atoms with E-state index < -0.39 is 15.9 Å². The smallest absolute Gasteiger partial charge is 0.264 e. The van der Waals surface area contributed by atoms with Gasteiger partial charge in [0, 0.05) is 12.7 Å². The van der Waals surface area contributed by atoms with Gasteiger partial charge < -0.3 is 10.1 Å². The van der Waals surface area contributed by atoms with Crippen molar-refractivity contribution in [2.45, 2.75) is 30.6 Å². The number of ether oxygens (including phenoxy) is 1. The predicted octanol–water partition coefficient (Wildman–Crippen LogP) is 4.65. The van der Waals surface area contributed by atoms with E-state index in [2.05, 4.69) is 5.32 Å². The highest BCUT2D eigenvalue weighted by atomic mass is 32.2. The maximum Gasteiger partial charge on any atom is 0.264 e. The van der Waals surface area contributed by atoms with Gasteiger partial charge in [-0.3, -0.25) is 9.10 Å². The topological polar surface area (TPSA) is 75.7 Å². The normalized spacial score (nSPS) is 13.2. The van der Waals surface area contributed by atoms with Gasteiger partial charge in [0.25, 0.3) is 15.9 Å². The molecule has 0 bridgehead atoms. The molecule has 7 heteroatoms. The van der Waals surface area contributed by atoms with Gasteiger partial charge in [0.15, 0.2) is 0 Å². The maximum absolute atomic E-state index is 13.4. The predicted molar refractivity (Wildman–Crippen MR) is 126 cm³/mol. The van der Waals surface area contributed by atoms with Crippen LogP contribution in [0.4, 0.5) is 11.4 Å². The zero-order chi connectivity index (χ0) is 22.7. The third kappa shape index (κ3) is 4.34. The summed E-state index contributed by atoms with van der Waals surface area (Å²) in [6, 6.07) is 19.0. The van der Waals surface area contributed by atoms with Crippen LogP contribution in [0, 0.1) is 0 Å². The van der Waals surface area contributed by atoms with Crippen LogP contribution < -0.4 is 14.4 Å². The summed E-state index contributed by atoms with van der Waals surface area (Å²) >= 11 is 0. The monoisotopic (exact) mass is 450 g/mol. The van der Waals surface area contributed by atoms with Crippen molar-refractivity contribution < 1.29 is 17.9 Å². The number of aryl methyl sites for hydroxylation is 2. The number of carbonyl (C=O) groups excluding carboxylic acids is 1. The van der Waals surface area contributed by atoms with Gasteiger partial charge in [0.05, 0.1) is 23.3 Å². The molecule has 0 aromatic heterocycles. The fraction of sp³-hybridized carbons (Fsp3) is 0.240. The van der Waals surface area contributed by atoms with Crippen LogP contribution in [0.15, 0.2) is 71.6 Å². The van der Waals surface area contributed by atoms with E-state index in [0.717, 1.165) is 31.2 Å². The summed E-state index contributed by atoms with van der Waals surface area (Å²) in [5.74, 6) is 0.289. The van der Waals surface area contributed by atoms with Crippen LogP contribution in [0.25, 0.3) is 0 Å². The lowest BCUT2D eigenvalue weighted by Crippen LogP contribution is -2.29. The Labute approximate surface area is 188 Å². The van der Waals surface area contributed by atoms with Gasteiger partial charge in [0.1, 0.15) is 5.75 Å². The molecule has 1 N–H and O–H groups in total. The molecule has 3 aromatic carbocycles. The Hall–Kier alpha value is -3.32. The first-order chi connectivity index (χ1) is 15.4. The van der Waals surface area contributed by atoms with Crippen LogP contribution in [0.2, 0.25) is 0 Å². The molecular weight excluding hydrogens is 424 g/mol. The Kier molecular flexibility index (Phi) is 6.19. The summed E-state index contributed by atoms with van der Waals surface area (Å²) in [6.07, 6.45) is 4.08. The van der Waals surface area contributed by atoms with Gasteiger partial charge >= 0.3 is 0 Å². The van der Waals surface area contributed by atoms with Gasteiger partial charge in [-0.25, -0.2) is 8.42 Å². The molecule has 0 unspecified atom stereocenters. The second-order valence-corrected chi connectivity index (χ2v) is 9.78. The Balaban J connectivity index is 1.62. The summed E-state index contributed by atoms with van der Waals surface area (Å²) in [5, 5.41) is 2.82. The average Bonchev–Trinajstić information content (AvgIpc) is 2.83. The second-order valence-electron chi connectivity index (χ2n) is 7.81. The van der Waals surface area contributed by atoms with Crippen LogP contribution in [0.1, 0.15) is 34.3 Å². The quantitative estimate of drug-likeness (QED) is 0.593. The minimum absolute atomic E-state index is 0.242. The summed E-state index contributed by atoms with van der Waals surface area (Å²) < 4.78 is 33.1. The first kappa shape index (κ1) is 21.9. The molecule has 0 fully saturated rings. The van der Waals surface area contributed by atoms with Crippen molar-refractivity contribution in [3.63, 3.8) is 0 Å². The van der Waals surface area contributed by atoms with Gasteiger partial charge in [0.2, 0.25) is 0 Å². The van der Waals surface area contributed by atoms with Gasteiger partial charge in [-0.2, -0.15) is 0 Å². The van der Waals surface area contributed by atoms with Crippen molar-refractivity contribution in [3.05, 3.63) is 83.4 Å². The molecule has 0 spiro atoms. The number of anilines is 2. The molecule has 1 aliphatic carbocycles. The molecule has 0 saturated heterocycles. The number of benzene rings is 3. The lowest BCUT2D eigenvalue weighted by Gasteiger charge is -2.23. The largest absolute Gasteiger partial charge is 0.497 e. The minimum Gasteiger partial charge on any atom is -0.497 e. The molecule has 0 aliphatic heterocycles. The van der Waals surface area contributed by atoms with E-state index in [9.17, 15) is 13.2 Å². The van der Waals surface area contributed by atoms with Crippen LogP contribution in [0.3, 0.4) is 0 Å². The molecule has 0 atom stereocenters. The molecule has 4 rings (SSSR count). The number of para-hydroxylation sites is 1. The van der Waals surface area contributed by atoms with Gasteiger partial charge in [-0.05, 0) is 85.3 Å². The van der Waals surface area contributed by atoms with E-state index in [4.69, 9.17) is 4.74 Å². The highest BCUT2D eigenvalue weighted by Gasteiger charge is 2.26. The number of hydrogen-bond acceptors (Lipinski definition) is 4. The van der Waals surface area contributed by atoms with Crippen LogP contribution >= 0.6 is 0 Å². The molecule has 0 radical (unpaired) electrons. The Morgan fingerprint density at radius 2 is 1.62 bits per heavy atom. The van der Waals surface area contributed by atoms with E-state index in [1.165, 1.54) is 16.9 Å². The number of nitrogens with zero attached hydrogens (tertiary/aromatic N) is 1. The number of amides is 1. The SMILES string of the molecule is COc1ccc(NC(=O)c2ccccc2N(C)S(=O)(=O)c2ccc3c(c2)CCCC3)cc1. The molecule has 6 nitrogen and oxygen atoms in total. The zero-order valence-electron chi connectivity index (χ0n) is 18.2. The number of hydrogen-bond donors (Lipinski definition) is 1. The van der Waals surface area contributed by atoms with Crippen LogP contribution in [-0.2, 0) is 22.9 Å². The van der Waals surface area contributed by atoms with Crippen molar-refractivity contribution in [2.24, 2.45) is 0 Å². The van der Waals surface area contributed by atoms with Crippen molar-refractivity contribution in [3.8, 4) is 5.75 Å². The molecular formula is C25H26N2O4S. The van der Waals surface area contributed by atoms with E-state index in [-0.39, 0.29) is 10.5 Å². The van der Waals surface area contributed by atoms with E-state index in [0.29, 0.717) is 17.1 Å². The molecule has 0 heterocycles. The standard InChI is InChI=1S/C25H26N2O4S/c1-27(32(29,30)22-16-11-18-7-3-4-8-19(18)17-22)24-10-6-5-9-23(24)25(28)26-20-12-14-21(31-2)15-13-20/h5-6,9-17H,3-4,7-8H2,1-2H3,(H,26,28). The van der Waals surface area contributed by atoms with E-state index >= 15 is 0 Å². The highest BCUT2D eigenvalue weighted by Crippen LogP contribution is 2.29. The summed E-state index contributed by atoms with van der Waals surface area (Å²) in [4.78, 5) is 13.2. The first-order valence-corrected chi connectivity index (χ1v) is 12.0. The summed E-state index contributed by atoms with van der Waals surface area (Å²) in [5.41, 5.74) is 3.49. The minimum atomic E-state index is -3.83. The second kappa shape index (κ2) is 9.04. The lowest BCUT2D eigenvalue weighted by molar-refractivity contribution is 0.102. The van der Waals surface area contributed by atoms with Crippen molar-refractivity contribution in [1.82, 2.24) is 0 Å². The number of rotatable bonds is 6. The molecule has 1 aliphatic rings. The van der Waals surface area contributed by atoms with Crippen molar-refractivity contribution in [2.75, 3.05) is 23.8 Å². The number of fused-ring (bicyclic) bond motifs is 1. The first-order valence-electron chi connectivity index (χ1n) is 10.6. The van der Waals surface area contributed by atoms with Crippen LogP contribution in [-0.4, -0.2) is 28.5 Å². The van der Waals surface area contributed by atoms with Gasteiger partial charge in [-0.1, -0.05) is 18.2 Å². The molecule has 3 aromatic rings. The molecule has 1 amide bonds. The number of methoxy groups -OCH3 is 1. The van der Waals surface area contributed by atoms with Crippen LogP contribution in [0.5, 0.6) is 5.75 Å². The molecule has 32 heavy (non-hydrogen) atoms. The van der Waals surface area contributed by atoms with Crippen molar-refractivity contribution in [1.29, 1.82) is 0 Å². The van der Waals surface area contributed by atoms with Gasteiger partial charge in [-0.15, -0.1) is 0 Å². The Morgan fingerprint density at radius 1 is 0.938 bits per heavy atom. The number of nitrogens with one attached hydrogen (secondary N) is 1. The van der Waals surface area contributed by atoms with Crippen molar-refractivity contribution >= 4 is 27.3 Å². The maximum atomic E-state index is 13.4. The fourth-order valence-corrected chi connectivity index (χ4v) is 5.24. The molecule has 166 valence electrons. The van der Waals surface area contributed by atoms with E-state index in [1.807, 2.05) is 6.07 Å². The summed E-state index contributed by atoms with van der Waals surface area (Å²) in [7, 11) is -0.774. The fourth-order valence-electron chi connectivity index (χ4n) is 3.97. The Bertz CT molecular complexity index is 1240. The average molecular weight is 451 g/mol. The van der Waals surface area contributed by atoms with E-state index in [1.54, 1.807) is 67.8 Å². The zero-order valence-corrected chi connectivity index (χ0v) is 19.0. The summed E-state index contributed by atoms with van der Waals surface area (Å²) in [6.45, 7) is 0. The Morgan fingerprint density at radius 3 is 2.34 bits per heavy atom. The number of sulfonamides is 1. The third-order valence-corrected chi connectivity index (χ3v) is 7.58. The number of carbonyl (C=O) groups is 1. The molecule has 0 saturated carbocycles. The third-order valence-electron chi connectivity index (χ3n) is 5.81. The lowest BCUT2D eigenvalue weighted by atomic mass is 9.92.